The molecule has 0 aliphatic carbocycles. The van der Waals surface area contributed by atoms with Crippen molar-refractivity contribution in [1.82, 2.24) is 0 Å². The molecule has 3 aromatic rings. The van der Waals surface area contributed by atoms with Crippen LogP contribution in [0.4, 0.5) is 13.2 Å². The molecule has 0 radical (unpaired) electrons. The average Bonchev–Trinajstić information content (AvgIpc) is 2.68. The van der Waals surface area contributed by atoms with Gasteiger partial charge >= 0.3 is 12.1 Å². The van der Waals surface area contributed by atoms with Gasteiger partial charge in [0.1, 0.15) is 5.75 Å². The number of carbonyl (C=O) groups is 1. The number of carbonyl (C=O) groups excluding carboxylic acids is 1. The number of fused-ring (bicyclic) bond motifs is 1. The molecule has 2 N–H and O–H groups in total. The van der Waals surface area contributed by atoms with Crippen molar-refractivity contribution in [3.05, 3.63) is 76.9 Å². The van der Waals surface area contributed by atoms with E-state index >= 15 is 0 Å². The largest absolute Gasteiger partial charge is 0.493 e. The molecule has 1 unspecified atom stereocenters. The molecule has 0 saturated carbocycles. The van der Waals surface area contributed by atoms with Crippen molar-refractivity contribution in [2.45, 2.75) is 39.1 Å². The second kappa shape index (κ2) is 8.59. The normalized spacial score (nSPS) is 13.6. The maximum atomic E-state index is 13.3. The Bertz CT molecular complexity index is 1110. The zero-order chi connectivity index (χ0) is 22.8. The van der Waals surface area contributed by atoms with Crippen molar-refractivity contribution in [1.29, 1.82) is 0 Å². The predicted molar refractivity (Wildman–Crippen MR) is 113 cm³/mol. The lowest BCUT2D eigenvalue weighted by atomic mass is 9.96. The maximum Gasteiger partial charge on any atom is 0.416 e. The minimum absolute atomic E-state index is 0.0536. The third-order valence-corrected chi connectivity index (χ3v) is 5.20. The SMILES string of the molecule is CC(=O)OC(N)(CCOc1cc(C(F)(F)F)cc2ccccc12)c1ccc(C)c(C)c1. The number of nitrogens with two attached hydrogens (primary N) is 1. The highest BCUT2D eigenvalue weighted by Crippen LogP contribution is 2.37. The van der Waals surface area contributed by atoms with E-state index in [0.717, 1.165) is 23.3 Å². The summed E-state index contributed by atoms with van der Waals surface area (Å²) in [7, 11) is 0. The topological polar surface area (TPSA) is 61.5 Å². The number of halogens is 3. The van der Waals surface area contributed by atoms with Crippen LogP contribution < -0.4 is 10.5 Å². The van der Waals surface area contributed by atoms with Crippen molar-refractivity contribution in [3.8, 4) is 5.75 Å². The molecule has 0 bridgehead atoms. The summed E-state index contributed by atoms with van der Waals surface area (Å²) in [5.74, 6) is -0.471. The summed E-state index contributed by atoms with van der Waals surface area (Å²) in [6.07, 6.45) is -4.45. The molecule has 0 aromatic heterocycles. The van der Waals surface area contributed by atoms with Gasteiger partial charge in [0.2, 0.25) is 0 Å². The van der Waals surface area contributed by atoms with Gasteiger partial charge in [-0.1, -0.05) is 42.5 Å². The quantitative estimate of drug-likeness (QED) is 0.407. The van der Waals surface area contributed by atoms with Crippen molar-refractivity contribution in [3.63, 3.8) is 0 Å². The number of esters is 1. The average molecular weight is 431 g/mol. The second-order valence-corrected chi connectivity index (χ2v) is 7.57. The number of rotatable bonds is 6. The van der Waals surface area contributed by atoms with Crippen molar-refractivity contribution in [2.75, 3.05) is 6.61 Å². The van der Waals surface area contributed by atoms with Crippen LogP contribution in [0.3, 0.4) is 0 Å². The van der Waals surface area contributed by atoms with Gasteiger partial charge in [-0.15, -0.1) is 0 Å². The van der Waals surface area contributed by atoms with Crippen LogP contribution in [0.15, 0.2) is 54.6 Å². The number of benzene rings is 3. The molecule has 4 nitrogen and oxygen atoms in total. The molecule has 7 heteroatoms. The van der Waals surface area contributed by atoms with Gasteiger partial charge in [0.15, 0.2) is 5.72 Å². The summed E-state index contributed by atoms with van der Waals surface area (Å²) in [5, 5.41) is 0.970. The van der Waals surface area contributed by atoms with Crippen LogP contribution in [-0.4, -0.2) is 12.6 Å². The van der Waals surface area contributed by atoms with Crippen molar-refractivity contribution in [2.24, 2.45) is 5.73 Å². The lowest BCUT2D eigenvalue weighted by Crippen LogP contribution is -2.42. The van der Waals surface area contributed by atoms with Crippen LogP contribution >= 0.6 is 0 Å². The highest BCUT2D eigenvalue weighted by Gasteiger charge is 2.33. The van der Waals surface area contributed by atoms with E-state index in [1.165, 1.54) is 6.92 Å². The minimum atomic E-state index is -4.50. The zero-order valence-electron chi connectivity index (χ0n) is 17.5. The molecule has 0 amide bonds. The van der Waals surface area contributed by atoms with E-state index in [9.17, 15) is 18.0 Å². The molecule has 1 atom stereocenters. The summed E-state index contributed by atoms with van der Waals surface area (Å²) >= 11 is 0. The zero-order valence-corrected chi connectivity index (χ0v) is 17.5. The Kier molecular flexibility index (Phi) is 6.27. The monoisotopic (exact) mass is 431 g/mol. The smallest absolute Gasteiger partial charge is 0.416 e. The number of hydrogen-bond acceptors (Lipinski definition) is 4. The van der Waals surface area contributed by atoms with Crippen LogP contribution in [0.2, 0.25) is 0 Å². The molecular formula is C24H24F3NO3. The van der Waals surface area contributed by atoms with Crippen LogP contribution in [0, 0.1) is 13.8 Å². The molecule has 0 aliphatic rings. The van der Waals surface area contributed by atoms with Gasteiger partial charge in [-0.3, -0.25) is 10.5 Å². The lowest BCUT2D eigenvalue weighted by Gasteiger charge is -2.30. The molecule has 0 fully saturated rings. The number of aryl methyl sites for hydroxylation is 2. The van der Waals surface area contributed by atoms with Gasteiger partial charge in [0, 0.05) is 24.3 Å². The summed E-state index contributed by atoms with van der Waals surface area (Å²) in [5.41, 5.74) is 6.76. The first-order valence-corrected chi connectivity index (χ1v) is 9.78. The van der Waals surface area contributed by atoms with E-state index in [0.29, 0.717) is 16.3 Å². The van der Waals surface area contributed by atoms with Gasteiger partial charge < -0.3 is 9.47 Å². The first-order chi connectivity index (χ1) is 14.5. The van der Waals surface area contributed by atoms with E-state index in [1.54, 1.807) is 30.3 Å². The Morgan fingerprint density at radius 1 is 0.968 bits per heavy atom. The predicted octanol–water partition coefficient (Wildman–Crippen LogP) is 5.62. The van der Waals surface area contributed by atoms with Crippen LogP contribution in [-0.2, 0) is 21.4 Å². The van der Waals surface area contributed by atoms with Crippen LogP contribution in [0.1, 0.15) is 35.6 Å². The maximum absolute atomic E-state index is 13.3. The van der Waals surface area contributed by atoms with E-state index < -0.39 is 23.4 Å². The summed E-state index contributed by atoms with van der Waals surface area (Å²) in [4.78, 5) is 11.7. The van der Waals surface area contributed by atoms with Crippen LogP contribution in [0.5, 0.6) is 5.75 Å². The third-order valence-electron chi connectivity index (χ3n) is 5.20. The fourth-order valence-electron chi connectivity index (χ4n) is 3.39. The first-order valence-electron chi connectivity index (χ1n) is 9.78. The molecule has 0 aliphatic heterocycles. The van der Waals surface area contributed by atoms with Crippen molar-refractivity contribution >= 4 is 16.7 Å². The van der Waals surface area contributed by atoms with E-state index in [-0.39, 0.29) is 18.8 Å². The molecule has 0 saturated heterocycles. The van der Waals surface area contributed by atoms with Crippen molar-refractivity contribution < 1.29 is 27.4 Å². The fraction of sp³-hybridized carbons (Fsp3) is 0.292. The second-order valence-electron chi connectivity index (χ2n) is 7.57. The first kappa shape index (κ1) is 22.6. The third kappa shape index (κ3) is 5.17. The number of alkyl halides is 3. The standard InChI is InChI=1S/C24H24F3NO3/c1-15-8-9-19(12-16(15)2)23(28,31-17(3)29)10-11-30-22-14-20(24(25,26)27)13-18-6-4-5-7-21(18)22/h4-9,12-14H,10-11,28H2,1-3H3. The van der Waals surface area contributed by atoms with Gasteiger partial charge in [-0.05, 0) is 42.5 Å². The van der Waals surface area contributed by atoms with Gasteiger partial charge in [0.25, 0.3) is 0 Å². The molecule has 31 heavy (non-hydrogen) atoms. The summed E-state index contributed by atoms with van der Waals surface area (Å²) in [6.45, 7) is 5.06. The van der Waals surface area contributed by atoms with Crippen LogP contribution in [0.25, 0.3) is 10.8 Å². The Morgan fingerprint density at radius 2 is 1.68 bits per heavy atom. The summed E-state index contributed by atoms with van der Waals surface area (Å²) in [6, 6.07) is 14.2. The Balaban J connectivity index is 1.89. The molecule has 0 spiro atoms. The lowest BCUT2D eigenvalue weighted by molar-refractivity contribution is -0.159. The van der Waals surface area contributed by atoms with E-state index in [2.05, 4.69) is 0 Å². The van der Waals surface area contributed by atoms with E-state index in [4.69, 9.17) is 15.2 Å². The number of ether oxygens (including phenoxy) is 2. The minimum Gasteiger partial charge on any atom is -0.493 e. The molecule has 3 aromatic carbocycles. The highest BCUT2D eigenvalue weighted by atomic mass is 19.4. The Hall–Kier alpha value is -3.06. The molecule has 0 heterocycles. The molecule has 3 rings (SSSR count). The van der Waals surface area contributed by atoms with E-state index in [1.807, 2.05) is 26.0 Å². The molecule has 164 valence electrons. The Labute approximate surface area is 178 Å². The van der Waals surface area contributed by atoms with Gasteiger partial charge in [-0.25, -0.2) is 0 Å². The molecular weight excluding hydrogens is 407 g/mol. The Morgan fingerprint density at radius 3 is 2.32 bits per heavy atom. The summed E-state index contributed by atoms with van der Waals surface area (Å²) < 4.78 is 51.1. The number of hydrogen-bond donors (Lipinski definition) is 1. The van der Waals surface area contributed by atoms with Gasteiger partial charge in [0.05, 0.1) is 12.2 Å². The fourth-order valence-corrected chi connectivity index (χ4v) is 3.39. The van der Waals surface area contributed by atoms with Gasteiger partial charge in [-0.2, -0.15) is 13.2 Å². The highest BCUT2D eigenvalue weighted by molar-refractivity contribution is 5.89.